The van der Waals surface area contributed by atoms with Gasteiger partial charge in [-0.05, 0) is 26.0 Å². The highest BCUT2D eigenvalue weighted by Gasteiger charge is 2.16. The smallest absolute Gasteiger partial charge is 0.204 e. The number of halogens is 1. The van der Waals surface area contributed by atoms with Gasteiger partial charge >= 0.3 is 0 Å². The number of carbonyl (C=O) groups excluding carboxylic acids is 1. The molecule has 6 heteroatoms. The SMILES string of the molecule is CC(=O)C(C)Oc1cc(O)c2c(=O)c3ccc(Cl)cc3oc2c1. The van der Waals surface area contributed by atoms with Crippen molar-refractivity contribution < 1.29 is 19.1 Å². The number of Topliss-reactive ketones (excluding diaryl/α,β-unsaturated/α-hetero) is 1. The van der Waals surface area contributed by atoms with E-state index in [2.05, 4.69) is 0 Å². The lowest BCUT2D eigenvalue weighted by Gasteiger charge is -2.12. The summed E-state index contributed by atoms with van der Waals surface area (Å²) in [5.74, 6) is -0.183. The molecule has 0 saturated heterocycles. The molecule has 5 nitrogen and oxygen atoms in total. The molecule has 2 aromatic carbocycles. The molecular weight excluding hydrogens is 320 g/mol. The number of ketones is 1. The fourth-order valence-electron chi connectivity index (χ4n) is 2.26. The third-order valence-corrected chi connectivity index (χ3v) is 3.81. The molecule has 0 spiro atoms. The van der Waals surface area contributed by atoms with Gasteiger partial charge in [-0.2, -0.15) is 0 Å². The van der Waals surface area contributed by atoms with Crippen LogP contribution in [-0.2, 0) is 4.79 Å². The highest BCUT2D eigenvalue weighted by molar-refractivity contribution is 6.31. The van der Waals surface area contributed by atoms with Crippen LogP contribution in [0.15, 0.2) is 39.5 Å². The van der Waals surface area contributed by atoms with Crippen LogP contribution in [0, 0.1) is 0 Å². The highest BCUT2D eigenvalue weighted by atomic mass is 35.5. The van der Waals surface area contributed by atoms with Crippen molar-refractivity contribution in [1.29, 1.82) is 0 Å². The van der Waals surface area contributed by atoms with Crippen molar-refractivity contribution in [3.8, 4) is 11.5 Å². The zero-order valence-corrected chi connectivity index (χ0v) is 13.2. The summed E-state index contributed by atoms with van der Waals surface area (Å²) in [6.45, 7) is 3.00. The Morgan fingerprint density at radius 3 is 2.70 bits per heavy atom. The normalized spacial score (nSPS) is 12.5. The Bertz CT molecular complexity index is 990. The van der Waals surface area contributed by atoms with Gasteiger partial charge < -0.3 is 14.3 Å². The fourth-order valence-corrected chi connectivity index (χ4v) is 2.42. The highest BCUT2D eigenvalue weighted by Crippen LogP contribution is 2.31. The average molecular weight is 333 g/mol. The molecule has 1 aromatic heterocycles. The number of rotatable bonds is 3. The van der Waals surface area contributed by atoms with Gasteiger partial charge in [0.25, 0.3) is 0 Å². The number of benzene rings is 2. The van der Waals surface area contributed by atoms with E-state index in [1.54, 1.807) is 19.1 Å². The van der Waals surface area contributed by atoms with E-state index in [1.165, 1.54) is 25.1 Å². The third kappa shape index (κ3) is 2.75. The summed E-state index contributed by atoms with van der Waals surface area (Å²) in [7, 11) is 0. The van der Waals surface area contributed by atoms with E-state index in [4.69, 9.17) is 20.8 Å². The lowest BCUT2D eigenvalue weighted by molar-refractivity contribution is -0.122. The molecule has 0 amide bonds. The molecule has 0 radical (unpaired) electrons. The second-order valence-electron chi connectivity index (χ2n) is 5.26. The van der Waals surface area contributed by atoms with E-state index in [9.17, 15) is 14.7 Å². The molecule has 1 heterocycles. The van der Waals surface area contributed by atoms with Gasteiger partial charge in [0.2, 0.25) is 5.43 Å². The van der Waals surface area contributed by atoms with Crippen LogP contribution >= 0.6 is 11.6 Å². The first-order valence-corrected chi connectivity index (χ1v) is 7.31. The average Bonchev–Trinajstić information content (AvgIpc) is 2.46. The van der Waals surface area contributed by atoms with E-state index < -0.39 is 6.10 Å². The van der Waals surface area contributed by atoms with Crippen LogP contribution in [0.5, 0.6) is 11.5 Å². The number of aromatic hydroxyl groups is 1. The molecule has 118 valence electrons. The van der Waals surface area contributed by atoms with Crippen LogP contribution in [0.2, 0.25) is 5.02 Å². The van der Waals surface area contributed by atoms with E-state index in [0.717, 1.165) is 0 Å². The molecule has 23 heavy (non-hydrogen) atoms. The molecular formula is C17H13ClO5. The Balaban J connectivity index is 2.25. The second kappa shape index (κ2) is 5.59. The molecule has 1 N–H and O–H groups in total. The van der Waals surface area contributed by atoms with E-state index >= 15 is 0 Å². The number of carbonyl (C=O) groups is 1. The van der Waals surface area contributed by atoms with Crippen LogP contribution in [0.25, 0.3) is 21.9 Å². The zero-order chi connectivity index (χ0) is 16.7. The van der Waals surface area contributed by atoms with E-state index in [0.29, 0.717) is 16.0 Å². The molecule has 1 unspecified atom stereocenters. The van der Waals surface area contributed by atoms with Gasteiger partial charge in [-0.3, -0.25) is 9.59 Å². The third-order valence-electron chi connectivity index (χ3n) is 3.58. The molecule has 0 aliphatic carbocycles. The van der Waals surface area contributed by atoms with Gasteiger partial charge in [0.05, 0.1) is 5.39 Å². The number of hydrogen-bond donors (Lipinski definition) is 1. The van der Waals surface area contributed by atoms with Gasteiger partial charge in [0, 0.05) is 23.2 Å². The Labute approximate surface area is 136 Å². The van der Waals surface area contributed by atoms with Crippen molar-refractivity contribution in [1.82, 2.24) is 0 Å². The minimum Gasteiger partial charge on any atom is -0.507 e. The number of fused-ring (bicyclic) bond motifs is 2. The first kappa shape index (κ1) is 15.4. The summed E-state index contributed by atoms with van der Waals surface area (Å²) in [6.07, 6.45) is -0.673. The van der Waals surface area contributed by atoms with Gasteiger partial charge in [-0.1, -0.05) is 11.6 Å². The Kier molecular flexibility index (Phi) is 3.74. The Morgan fingerprint density at radius 2 is 2.00 bits per heavy atom. The minimum absolute atomic E-state index is 0.0580. The summed E-state index contributed by atoms with van der Waals surface area (Å²) in [4.78, 5) is 23.8. The first-order chi connectivity index (χ1) is 10.9. The second-order valence-corrected chi connectivity index (χ2v) is 5.69. The largest absolute Gasteiger partial charge is 0.507 e. The topological polar surface area (TPSA) is 76.7 Å². The predicted octanol–water partition coefficient (Wildman–Crippen LogP) is 3.66. The van der Waals surface area contributed by atoms with Gasteiger partial charge in [0.1, 0.15) is 28.1 Å². The van der Waals surface area contributed by atoms with Crippen LogP contribution in [0.4, 0.5) is 0 Å². The number of ether oxygens (including phenoxy) is 1. The maximum absolute atomic E-state index is 12.5. The van der Waals surface area contributed by atoms with Crippen molar-refractivity contribution in [2.24, 2.45) is 0 Å². The van der Waals surface area contributed by atoms with Crippen LogP contribution in [-0.4, -0.2) is 17.0 Å². The van der Waals surface area contributed by atoms with Crippen molar-refractivity contribution in [2.75, 3.05) is 0 Å². The summed E-state index contributed by atoms with van der Waals surface area (Å²) in [5, 5.41) is 11.0. The monoisotopic (exact) mass is 332 g/mol. The predicted molar refractivity (Wildman–Crippen MR) is 87.4 cm³/mol. The molecule has 3 rings (SSSR count). The van der Waals surface area contributed by atoms with Crippen molar-refractivity contribution in [2.45, 2.75) is 20.0 Å². The van der Waals surface area contributed by atoms with Gasteiger partial charge in [0.15, 0.2) is 11.9 Å². The molecule has 0 aliphatic heterocycles. The first-order valence-electron chi connectivity index (χ1n) is 6.93. The van der Waals surface area contributed by atoms with Crippen molar-refractivity contribution in [3.05, 3.63) is 45.6 Å². The molecule has 0 aliphatic rings. The van der Waals surface area contributed by atoms with Crippen molar-refractivity contribution >= 4 is 39.3 Å². The maximum Gasteiger partial charge on any atom is 0.204 e. The fraction of sp³-hybridized carbons (Fsp3) is 0.176. The minimum atomic E-state index is -0.673. The molecule has 0 fully saturated rings. The Morgan fingerprint density at radius 1 is 1.26 bits per heavy atom. The summed E-state index contributed by atoms with van der Waals surface area (Å²) in [6, 6.07) is 7.41. The lowest BCUT2D eigenvalue weighted by Crippen LogP contribution is -2.20. The number of hydrogen-bond acceptors (Lipinski definition) is 5. The standard InChI is InChI=1S/C17H13ClO5/c1-8(19)9(2)22-11-6-13(20)16-15(7-11)23-14-5-10(18)3-4-12(14)17(16)21/h3-7,9,20H,1-2H3. The van der Waals surface area contributed by atoms with Crippen LogP contribution in [0.3, 0.4) is 0 Å². The van der Waals surface area contributed by atoms with Crippen molar-refractivity contribution in [3.63, 3.8) is 0 Å². The zero-order valence-electron chi connectivity index (χ0n) is 12.4. The number of phenolic OH excluding ortho intramolecular Hbond substituents is 1. The number of phenols is 1. The molecule has 3 aromatic rings. The molecule has 0 saturated carbocycles. The quantitative estimate of drug-likeness (QED) is 0.741. The van der Waals surface area contributed by atoms with Crippen LogP contribution < -0.4 is 10.2 Å². The summed E-state index contributed by atoms with van der Waals surface area (Å²) >= 11 is 5.91. The maximum atomic E-state index is 12.5. The lowest BCUT2D eigenvalue weighted by atomic mass is 10.1. The molecule has 0 bridgehead atoms. The van der Waals surface area contributed by atoms with E-state index in [-0.39, 0.29) is 33.7 Å². The summed E-state index contributed by atoms with van der Waals surface area (Å²) < 4.78 is 11.1. The molecule has 1 atom stereocenters. The summed E-state index contributed by atoms with van der Waals surface area (Å²) in [5.41, 5.74) is 0.114. The van der Waals surface area contributed by atoms with E-state index in [1.807, 2.05) is 0 Å². The van der Waals surface area contributed by atoms with Gasteiger partial charge in [-0.15, -0.1) is 0 Å². The Hall–Kier alpha value is -2.53. The van der Waals surface area contributed by atoms with Crippen LogP contribution in [0.1, 0.15) is 13.8 Å². The van der Waals surface area contributed by atoms with Gasteiger partial charge in [-0.25, -0.2) is 0 Å².